The average Bonchev–Trinajstić information content (AvgIpc) is 2.91. The van der Waals surface area contributed by atoms with Gasteiger partial charge in [-0.15, -0.1) is 0 Å². The third-order valence-corrected chi connectivity index (χ3v) is 4.57. The van der Waals surface area contributed by atoms with Crippen molar-refractivity contribution < 1.29 is 28.9 Å². The van der Waals surface area contributed by atoms with E-state index in [9.17, 15) is 14.7 Å². The van der Waals surface area contributed by atoms with Crippen LogP contribution in [0.4, 0.5) is 0 Å². The van der Waals surface area contributed by atoms with Crippen molar-refractivity contribution in [3.05, 3.63) is 28.8 Å². The van der Waals surface area contributed by atoms with E-state index >= 15 is 0 Å². The summed E-state index contributed by atoms with van der Waals surface area (Å²) in [5.41, 5.74) is 2.16. The molecule has 2 unspecified atom stereocenters. The zero-order valence-corrected chi connectivity index (χ0v) is 16.1. The summed E-state index contributed by atoms with van der Waals surface area (Å²) in [5, 5.41) is 9.28. The summed E-state index contributed by atoms with van der Waals surface area (Å²) >= 11 is 0. The number of carbonyl (C=O) groups is 2. The monoisotopic (exact) mass is 364 g/mol. The van der Waals surface area contributed by atoms with E-state index in [4.69, 9.17) is 14.2 Å². The standard InChI is InChI=1S/C20H28O6/c1-12-8-13(2)19(16(9-12)25-14(3)22)20(4,5)10-18(23)26-15-6-7-24-17(15)11-21/h8-9,15,17,21H,6-7,10-11H2,1-5H3. The van der Waals surface area contributed by atoms with Crippen LogP contribution in [0.3, 0.4) is 0 Å². The summed E-state index contributed by atoms with van der Waals surface area (Å²) in [6.07, 6.45) is -0.172. The minimum Gasteiger partial charge on any atom is -0.459 e. The molecule has 1 aliphatic heterocycles. The quantitative estimate of drug-likeness (QED) is 0.617. The fourth-order valence-corrected chi connectivity index (χ4v) is 3.62. The molecular formula is C20H28O6. The van der Waals surface area contributed by atoms with Crippen molar-refractivity contribution in [2.24, 2.45) is 0 Å². The van der Waals surface area contributed by atoms with Gasteiger partial charge in [0.2, 0.25) is 0 Å². The lowest BCUT2D eigenvalue weighted by atomic mass is 9.78. The van der Waals surface area contributed by atoms with E-state index in [1.807, 2.05) is 39.8 Å². The second-order valence-electron chi connectivity index (χ2n) is 7.52. The molecule has 1 N–H and O–H groups in total. The fourth-order valence-electron chi connectivity index (χ4n) is 3.62. The van der Waals surface area contributed by atoms with Gasteiger partial charge in [0, 0.05) is 24.3 Å². The van der Waals surface area contributed by atoms with Crippen LogP contribution in [0.5, 0.6) is 5.75 Å². The van der Waals surface area contributed by atoms with Gasteiger partial charge in [-0.05, 0) is 31.0 Å². The summed E-state index contributed by atoms with van der Waals surface area (Å²) in [4.78, 5) is 24.0. The largest absolute Gasteiger partial charge is 0.459 e. The Hall–Kier alpha value is -1.92. The van der Waals surface area contributed by atoms with E-state index in [-0.39, 0.29) is 19.0 Å². The lowest BCUT2D eigenvalue weighted by Crippen LogP contribution is -2.33. The zero-order valence-electron chi connectivity index (χ0n) is 16.1. The van der Waals surface area contributed by atoms with Crippen LogP contribution in [-0.4, -0.2) is 42.5 Å². The molecule has 26 heavy (non-hydrogen) atoms. The molecule has 0 amide bonds. The first kappa shape index (κ1) is 20.4. The first-order valence-corrected chi connectivity index (χ1v) is 8.86. The van der Waals surface area contributed by atoms with Crippen LogP contribution in [0.25, 0.3) is 0 Å². The van der Waals surface area contributed by atoms with Gasteiger partial charge in [-0.25, -0.2) is 0 Å². The minimum atomic E-state index is -0.589. The number of hydrogen-bond acceptors (Lipinski definition) is 6. The highest BCUT2D eigenvalue weighted by molar-refractivity contribution is 5.73. The summed E-state index contributed by atoms with van der Waals surface area (Å²) in [6, 6.07) is 3.81. The van der Waals surface area contributed by atoms with Gasteiger partial charge in [-0.2, -0.15) is 0 Å². The maximum atomic E-state index is 12.5. The molecule has 6 nitrogen and oxygen atoms in total. The van der Waals surface area contributed by atoms with Crippen LogP contribution in [0.1, 0.15) is 50.3 Å². The van der Waals surface area contributed by atoms with Gasteiger partial charge in [0.1, 0.15) is 18.0 Å². The molecule has 2 atom stereocenters. The van der Waals surface area contributed by atoms with Crippen molar-refractivity contribution in [3.8, 4) is 5.75 Å². The number of aryl methyl sites for hydroxylation is 2. The van der Waals surface area contributed by atoms with Crippen LogP contribution in [-0.2, 0) is 24.5 Å². The summed E-state index contributed by atoms with van der Waals surface area (Å²) in [5.74, 6) is -0.286. The number of rotatable bonds is 6. The van der Waals surface area contributed by atoms with Gasteiger partial charge >= 0.3 is 11.9 Å². The van der Waals surface area contributed by atoms with Gasteiger partial charge in [0.05, 0.1) is 19.6 Å². The molecule has 144 valence electrons. The topological polar surface area (TPSA) is 82.1 Å². The van der Waals surface area contributed by atoms with E-state index in [1.165, 1.54) is 6.92 Å². The predicted molar refractivity (Wildman–Crippen MR) is 96.2 cm³/mol. The molecular weight excluding hydrogens is 336 g/mol. The number of aliphatic hydroxyl groups excluding tert-OH is 1. The van der Waals surface area contributed by atoms with Crippen molar-refractivity contribution in [3.63, 3.8) is 0 Å². The van der Waals surface area contributed by atoms with Crippen LogP contribution < -0.4 is 4.74 Å². The third-order valence-electron chi connectivity index (χ3n) is 4.57. The Labute approximate surface area is 154 Å². The van der Waals surface area contributed by atoms with E-state index in [1.54, 1.807) is 0 Å². The molecule has 1 aliphatic rings. The zero-order chi connectivity index (χ0) is 19.5. The molecule has 0 radical (unpaired) electrons. The molecule has 1 aromatic rings. The van der Waals surface area contributed by atoms with Crippen molar-refractivity contribution in [1.29, 1.82) is 0 Å². The van der Waals surface area contributed by atoms with E-state index < -0.39 is 23.6 Å². The molecule has 1 fully saturated rings. The van der Waals surface area contributed by atoms with Gasteiger partial charge in [0.25, 0.3) is 0 Å². The van der Waals surface area contributed by atoms with Crippen molar-refractivity contribution in [2.75, 3.05) is 13.2 Å². The molecule has 0 bridgehead atoms. The minimum absolute atomic E-state index is 0.125. The number of benzene rings is 1. The SMILES string of the molecule is CC(=O)Oc1cc(C)cc(C)c1C(C)(C)CC(=O)OC1CCOC1CO. The lowest BCUT2D eigenvalue weighted by Gasteiger charge is -2.29. The van der Waals surface area contributed by atoms with Crippen LogP contribution >= 0.6 is 0 Å². The first-order valence-electron chi connectivity index (χ1n) is 8.86. The Bertz CT molecular complexity index is 679. The predicted octanol–water partition coefficient (Wildman–Crippen LogP) is 2.59. The number of aliphatic hydroxyl groups is 1. The first-order chi connectivity index (χ1) is 12.1. The second-order valence-corrected chi connectivity index (χ2v) is 7.52. The van der Waals surface area contributed by atoms with E-state index in [2.05, 4.69) is 0 Å². The molecule has 0 aliphatic carbocycles. The Morgan fingerprint density at radius 3 is 2.62 bits per heavy atom. The Morgan fingerprint density at radius 1 is 1.31 bits per heavy atom. The number of carbonyl (C=O) groups excluding carboxylic acids is 2. The number of hydrogen-bond donors (Lipinski definition) is 1. The molecule has 1 saturated heterocycles. The molecule has 1 aromatic carbocycles. The van der Waals surface area contributed by atoms with Gasteiger partial charge < -0.3 is 19.3 Å². The summed E-state index contributed by atoms with van der Waals surface area (Å²) in [6.45, 7) is 9.38. The Balaban J connectivity index is 2.21. The lowest BCUT2D eigenvalue weighted by molar-refractivity contribution is -0.154. The van der Waals surface area contributed by atoms with Gasteiger partial charge in [-0.3, -0.25) is 9.59 Å². The molecule has 2 rings (SSSR count). The fraction of sp³-hybridized carbons (Fsp3) is 0.600. The van der Waals surface area contributed by atoms with Crippen LogP contribution in [0.2, 0.25) is 0 Å². The Kier molecular flexibility index (Phi) is 6.42. The molecule has 0 saturated carbocycles. The summed E-state index contributed by atoms with van der Waals surface area (Å²) < 4.78 is 16.3. The molecule has 0 aromatic heterocycles. The average molecular weight is 364 g/mol. The highest BCUT2D eigenvalue weighted by Crippen LogP contribution is 2.38. The maximum absolute atomic E-state index is 12.5. The van der Waals surface area contributed by atoms with Crippen molar-refractivity contribution in [1.82, 2.24) is 0 Å². The second kappa shape index (κ2) is 8.18. The maximum Gasteiger partial charge on any atom is 0.308 e. The van der Waals surface area contributed by atoms with E-state index in [0.29, 0.717) is 18.8 Å². The number of esters is 2. The van der Waals surface area contributed by atoms with Crippen molar-refractivity contribution >= 4 is 11.9 Å². The normalized spacial score (nSPS) is 20.1. The third kappa shape index (κ3) is 4.83. The van der Waals surface area contributed by atoms with Crippen LogP contribution in [0, 0.1) is 13.8 Å². The van der Waals surface area contributed by atoms with Gasteiger partial charge in [-0.1, -0.05) is 19.9 Å². The number of ether oxygens (including phenoxy) is 3. The van der Waals surface area contributed by atoms with Gasteiger partial charge in [0.15, 0.2) is 0 Å². The van der Waals surface area contributed by atoms with E-state index in [0.717, 1.165) is 16.7 Å². The van der Waals surface area contributed by atoms with Crippen LogP contribution in [0.15, 0.2) is 12.1 Å². The Morgan fingerprint density at radius 2 is 2.00 bits per heavy atom. The molecule has 1 heterocycles. The smallest absolute Gasteiger partial charge is 0.308 e. The highest BCUT2D eigenvalue weighted by atomic mass is 16.6. The highest BCUT2D eigenvalue weighted by Gasteiger charge is 2.35. The molecule has 0 spiro atoms. The molecule has 6 heteroatoms. The van der Waals surface area contributed by atoms with Crippen molar-refractivity contribution in [2.45, 2.75) is 65.1 Å². The summed E-state index contributed by atoms with van der Waals surface area (Å²) in [7, 11) is 0.